The third kappa shape index (κ3) is 5.19. The van der Waals surface area contributed by atoms with Gasteiger partial charge in [0.15, 0.2) is 0 Å². The normalized spacial score (nSPS) is 14.5. The summed E-state index contributed by atoms with van der Waals surface area (Å²) in [4.78, 5) is 11.6. The van der Waals surface area contributed by atoms with E-state index in [0.717, 1.165) is 22.6 Å². The Balaban J connectivity index is 1.57. The fraction of sp³-hybridized carbons (Fsp3) is 0.500. The predicted molar refractivity (Wildman–Crippen MR) is 77.6 cm³/mol. The van der Waals surface area contributed by atoms with Crippen LogP contribution in [0.25, 0.3) is 0 Å². The molecule has 0 radical (unpaired) electrons. The minimum Gasteiger partial charge on any atom is -0.325 e. The molecule has 1 amide bonds. The van der Waals surface area contributed by atoms with E-state index >= 15 is 0 Å². The lowest BCUT2D eigenvalue weighted by atomic mass is 10.2. The minimum absolute atomic E-state index is 0.0174. The van der Waals surface area contributed by atoms with Crippen molar-refractivity contribution < 1.29 is 4.79 Å². The van der Waals surface area contributed by atoms with E-state index in [1.54, 1.807) is 0 Å². The Labute approximate surface area is 116 Å². The van der Waals surface area contributed by atoms with E-state index in [2.05, 4.69) is 26.6 Å². The number of anilines is 1. The highest BCUT2D eigenvalue weighted by Gasteiger charge is 2.19. The Morgan fingerprint density at radius 2 is 2.00 bits per heavy atom. The van der Waals surface area contributed by atoms with Crippen molar-refractivity contribution in [2.45, 2.75) is 25.7 Å². The van der Waals surface area contributed by atoms with Crippen molar-refractivity contribution in [2.24, 2.45) is 5.92 Å². The van der Waals surface area contributed by atoms with Gasteiger partial charge in [0.05, 0.1) is 6.54 Å². The molecule has 1 saturated carbocycles. The van der Waals surface area contributed by atoms with Gasteiger partial charge in [-0.15, -0.1) is 0 Å². The number of halogens is 1. The van der Waals surface area contributed by atoms with Crippen molar-refractivity contribution in [3.63, 3.8) is 0 Å². The first-order valence-electron chi connectivity index (χ1n) is 6.50. The Bertz CT molecular complexity index is 387. The van der Waals surface area contributed by atoms with E-state index in [-0.39, 0.29) is 5.91 Å². The van der Waals surface area contributed by atoms with Crippen molar-refractivity contribution in [1.29, 1.82) is 0 Å². The number of nitrogens with one attached hydrogen (secondary N) is 2. The second-order valence-corrected chi connectivity index (χ2v) is 5.73. The molecule has 0 bridgehead atoms. The van der Waals surface area contributed by atoms with Crippen LogP contribution in [0.3, 0.4) is 0 Å². The topological polar surface area (TPSA) is 41.1 Å². The van der Waals surface area contributed by atoms with Gasteiger partial charge in [-0.05, 0) is 49.6 Å². The Kier molecular flexibility index (Phi) is 5.20. The molecular formula is C14H19BrN2O. The minimum atomic E-state index is 0.0174. The number of carbonyl (C=O) groups excluding carboxylic acids is 1. The van der Waals surface area contributed by atoms with Crippen LogP contribution >= 0.6 is 15.9 Å². The summed E-state index contributed by atoms with van der Waals surface area (Å²) < 4.78 is 1.01. The monoisotopic (exact) mass is 310 g/mol. The fourth-order valence-corrected chi connectivity index (χ4v) is 2.13. The van der Waals surface area contributed by atoms with Crippen LogP contribution in [-0.2, 0) is 4.79 Å². The van der Waals surface area contributed by atoms with Crippen molar-refractivity contribution in [3.8, 4) is 0 Å². The summed E-state index contributed by atoms with van der Waals surface area (Å²) in [5, 5.41) is 6.04. The molecule has 0 spiro atoms. The lowest BCUT2D eigenvalue weighted by Gasteiger charge is -2.06. The maximum atomic E-state index is 11.6. The number of benzene rings is 1. The van der Waals surface area contributed by atoms with Gasteiger partial charge in [0.1, 0.15) is 0 Å². The first-order valence-corrected chi connectivity index (χ1v) is 7.29. The lowest BCUT2D eigenvalue weighted by Crippen LogP contribution is -2.28. The Morgan fingerprint density at radius 3 is 2.67 bits per heavy atom. The van der Waals surface area contributed by atoms with Crippen LogP contribution in [-0.4, -0.2) is 19.0 Å². The van der Waals surface area contributed by atoms with E-state index < -0.39 is 0 Å². The summed E-state index contributed by atoms with van der Waals surface area (Å²) in [6.45, 7) is 1.32. The molecule has 0 unspecified atom stereocenters. The van der Waals surface area contributed by atoms with Crippen LogP contribution in [0.1, 0.15) is 25.7 Å². The van der Waals surface area contributed by atoms with Gasteiger partial charge in [-0.3, -0.25) is 4.79 Å². The molecule has 2 N–H and O–H groups in total. The molecule has 3 nitrogen and oxygen atoms in total. The zero-order chi connectivity index (χ0) is 12.8. The van der Waals surface area contributed by atoms with Gasteiger partial charge >= 0.3 is 0 Å². The number of hydrogen-bond donors (Lipinski definition) is 2. The fourth-order valence-electron chi connectivity index (χ4n) is 1.86. The first kappa shape index (κ1) is 13.6. The summed E-state index contributed by atoms with van der Waals surface area (Å²) in [6, 6.07) is 7.60. The maximum Gasteiger partial charge on any atom is 0.238 e. The number of hydrogen-bond acceptors (Lipinski definition) is 2. The zero-order valence-electron chi connectivity index (χ0n) is 10.4. The molecule has 1 aromatic carbocycles. The number of rotatable bonds is 7. The molecule has 98 valence electrons. The quantitative estimate of drug-likeness (QED) is 0.760. The van der Waals surface area contributed by atoms with Gasteiger partial charge in [-0.1, -0.05) is 28.8 Å². The molecule has 1 aromatic rings. The largest absolute Gasteiger partial charge is 0.325 e. The van der Waals surface area contributed by atoms with Crippen molar-refractivity contribution in [3.05, 3.63) is 28.7 Å². The summed E-state index contributed by atoms with van der Waals surface area (Å²) in [5.41, 5.74) is 0.836. The first-order chi connectivity index (χ1) is 8.74. The number of amides is 1. The maximum absolute atomic E-state index is 11.6. The van der Waals surface area contributed by atoms with Crippen LogP contribution in [0.2, 0.25) is 0 Å². The second kappa shape index (κ2) is 6.90. The number of carbonyl (C=O) groups is 1. The van der Waals surface area contributed by atoms with Gasteiger partial charge < -0.3 is 10.6 Å². The molecule has 1 aliphatic rings. The molecular weight excluding hydrogens is 292 g/mol. The lowest BCUT2D eigenvalue weighted by molar-refractivity contribution is -0.115. The molecule has 0 aliphatic heterocycles. The average molecular weight is 311 g/mol. The standard InChI is InChI=1S/C14H19BrN2O/c15-12-5-7-13(8-6-12)17-14(18)10-16-9-1-2-11-3-4-11/h5-8,11,16H,1-4,9-10H2,(H,17,18). The van der Waals surface area contributed by atoms with E-state index in [4.69, 9.17) is 0 Å². The molecule has 0 saturated heterocycles. The smallest absolute Gasteiger partial charge is 0.238 e. The van der Waals surface area contributed by atoms with Crippen LogP contribution < -0.4 is 10.6 Å². The highest BCUT2D eigenvalue weighted by Crippen LogP contribution is 2.33. The predicted octanol–water partition coefficient (Wildman–Crippen LogP) is 3.17. The molecule has 0 aromatic heterocycles. The third-order valence-electron chi connectivity index (χ3n) is 3.08. The zero-order valence-corrected chi connectivity index (χ0v) is 12.0. The van der Waals surface area contributed by atoms with E-state index in [1.165, 1.54) is 25.7 Å². The van der Waals surface area contributed by atoms with Crippen molar-refractivity contribution in [1.82, 2.24) is 5.32 Å². The average Bonchev–Trinajstić information content (AvgIpc) is 3.16. The molecule has 1 aliphatic carbocycles. The summed E-state index contributed by atoms with van der Waals surface area (Å²) >= 11 is 3.36. The molecule has 18 heavy (non-hydrogen) atoms. The molecule has 4 heteroatoms. The van der Waals surface area contributed by atoms with Crippen LogP contribution in [0.15, 0.2) is 28.7 Å². The Morgan fingerprint density at radius 1 is 1.28 bits per heavy atom. The van der Waals surface area contributed by atoms with E-state index in [1.807, 2.05) is 24.3 Å². The van der Waals surface area contributed by atoms with Gasteiger partial charge in [0, 0.05) is 10.2 Å². The van der Waals surface area contributed by atoms with Crippen LogP contribution in [0.4, 0.5) is 5.69 Å². The summed E-state index contributed by atoms with van der Waals surface area (Å²) in [7, 11) is 0. The van der Waals surface area contributed by atoms with Crippen LogP contribution in [0.5, 0.6) is 0 Å². The van der Waals surface area contributed by atoms with E-state index in [0.29, 0.717) is 6.54 Å². The van der Waals surface area contributed by atoms with Gasteiger partial charge in [-0.2, -0.15) is 0 Å². The molecule has 0 heterocycles. The highest BCUT2D eigenvalue weighted by atomic mass is 79.9. The molecule has 0 atom stereocenters. The van der Waals surface area contributed by atoms with Crippen molar-refractivity contribution in [2.75, 3.05) is 18.4 Å². The van der Waals surface area contributed by atoms with Crippen molar-refractivity contribution >= 4 is 27.5 Å². The molecule has 1 fully saturated rings. The van der Waals surface area contributed by atoms with Crippen LogP contribution in [0, 0.1) is 5.92 Å². The van der Waals surface area contributed by atoms with E-state index in [9.17, 15) is 4.79 Å². The highest BCUT2D eigenvalue weighted by molar-refractivity contribution is 9.10. The third-order valence-corrected chi connectivity index (χ3v) is 3.61. The van der Waals surface area contributed by atoms with Gasteiger partial charge in [0.25, 0.3) is 0 Å². The Hall–Kier alpha value is -0.870. The summed E-state index contributed by atoms with van der Waals surface area (Å²) in [6.07, 6.45) is 5.30. The van der Waals surface area contributed by atoms with Gasteiger partial charge in [-0.25, -0.2) is 0 Å². The molecule has 2 rings (SSSR count). The SMILES string of the molecule is O=C(CNCCCC1CC1)Nc1ccc(Br)cc1. The van der Waals surface area contributed by atoms with Gasteiger partial charge in [0.2, 0.25) is 5.91 Å². The summed E-state index contributed by atoms with van der Waals surface area (Å²) in [5.74, 6) is 0.993. The second-order valence-electron chi connectivity index (χ2n) is 4.82.